The van der Waals surface area contributed by atoms with Crippen LogP contribution in [0.4, 0.5) is 4.79 Å². The molecule has 2 aromatic rings. The molecule has 33 heavy (non-hydrogen) atoms. The van der Waals surface area contributed by atoms with Gasteiger partial charge in [-0.15, -0.1) is 0 Å². The van der Waals surface area contributed by atoms with E-state index in [-0.39, 0.29) is 6.61 Å². The molecule has 1 aromatic heterocycles. The number of ether oxygens (including phenoxy) is 1. The SMILES string of the molecule is CCCCCCCCCCc1cc(CCC(CO)(CO)NC(=O)OCc2ccccc2)on1. The highest BCUT2D eigenvalue weighted by Gasteiger charge is 2.31. The van der Waals surface area contributed by atoms with Crippen LogP contribution in [-0.2, 0) is 24.2 Å². The third-order valence-electron chi connectivity index (χ3n) is 5.93. The Hall–Kier alpha value is -2.38. The second kappa shape index (κ2) is 15.5. The standard InChI is InChI=1S/C26H40N2O5/c1-2-3-4-5-6-7-8-12-15-23-18-24(33-28-23)16-17-26(20-29,21-30)27-25(31)32-19-22-13-10-9-11-14-22/h9-11,13-14,18,29-30H,2-8,12,15-17,19-21H2,1H3,(H,27,31). The third kappa shape index (κ3) is 10.4. The number of aliphatic hydroxyl groups excluding tert-OH is 2. The van der Waals surface area contributed by atoms with Crippen molar-refractivity contribution in [2.75, 3.05) is 13.2 Å². The van der Waals surface area contributed by atoms with E-state index in [4.69, 9.17) is 9.26 Å². The second-order valence-electron chi connectivity index (χ2n) is 8.79. The number of aliphatic hydroxyl groups is 2. The molecule has 0 unspecified atom stereocenters. The average molecular weight is 461 g/mol. The van der Waals surface area contributed by atoms with Crippen LogP contribution in [-0.4, -0.2) is 40.2 Å². The lowest BCUT2D eigenvalue weighted by Crippen LogP contribution is -2.54. The molecule has 0 atom stereocenters. The number of alkyl carbamates (subject to hydrolysis) is 1. The van der Waals surface area contributed by atoms with Crippen LogP contribution in [0.15, 0.2) is 40.9 Å². The van der Waals surface area contributed by atoms with Gasteiger partial charge >= 0.3 is 6.09 Å². The molecule has 0 spiro atoms. The van der Waals surface area contributed by atoms with E-state index >= 15 is 0 Å². The summed E-state index contributed by atoms with van der Waals surface area (Å²) in [5.74, 6) is 0.676. The number of hydrogen-bond acceptors (Lipinski definition) is 6. The summed E-state index contributed by atoms with van der Waals surface area (Å²) in [4.78, 5) is 12.2. The summed E-state index contributed by atoms with van der Waals surface area (Å²) >= 11 is 0. The van der Waals surface area contributed by atoms with E-state index in [0.717, 1.165) is 24.1 Å². The average Bonchev–Trinajstić information content (AvgIpc) is 3.30. The maximum atomic E-state index is 12.2. The van der Waals surface area contributed by atoms with E-state index in [9.17, 15) is 15.0 Å². The van der Waals surface area contributed by atoms with Gasteiger partial charge in [0.05, 0.1) is 24.4 Å². The molecule has 0 saturated carbocycles. The summed E-state index contributed by atoms with van der Waals surface area (Å²) in [6, 6.07) is 11.2. The fraction of sp³-hybridized carbons (Fsp3) is 0.615. The zero-order valence-electron chi connectivity index (χ0n) is 19.9. The number of amides is 1. The van der Waals surface area contributed by atoms with E-state index in [1.165, 1.54) is 44.9 Å². The maximum Gasteiger partial charge on any atom is 0.408 e. The van der Waals surface area contributed by atoms with Crippen molar-refractivity contribution in [1.29, 1.82) is 0 Å². The van der Waals surface area contributed by atoms with E-state index in [2.05, 4.69) is 17.4 Å². The maximum absolute atomic E-state index is 12.2. The molecule has 7 heteroatoms. The van der Waals surface area contributed by atoms with Crippen LogP contribution in [0.25, 0.3) is 0 Å². The number of rotatable bonds is 17. The number of hydrogen-bond donors (Lipinski definition) is 3. The Kier molecular flexibility index (Phi) is 12.6. The van der Waals surface area contributed by atoms with E-state index < -0.39 is 24.8 Å². The summed E-state index contributed by atoms with van der Waals surface area (Å²) in [6.45, 7) is 1.52. The molecule has 0 fully saturated rings. The van der Waals surface area contributed by atoms with Gasteiger partial charge in [0.2, 0.25) is 0 Å². The molecule has 2 rings (SSSR count). The van der Waals surface area contributed by atoms with Gasteiger partial charge in [0.25, 0.3) is 0 Å². The summed E-state index contributed by atoms with van der Waals surface area (Å²) < 4.78 is 10.7. The van der Waals surface area contributed by atoms with Gasteiger partial charge in [-0.2, -0.15) is 0 Å². The first-order chi connectivity index (χ1) is 16.1. The normalized spacial score (nSPS) is 11.5. The molecule has 1 amide bonds. The van der Waals surface area contributed by atoms with E-state index in [1.807, 2.05) is 36.4 Å². The van der Waals surface area contributed by atoms with Crippen molar-refractivity contribution in [2.45, 2.75) is 89.7 Å². The molecule has 184 valence electrons. The van der Waals surface area contributed by atoms with Crippen LogP contribution in [0.2, 0.25) is 0 Å². The second-order valence-corrected chi connectivity index (χ2v) is 8.79. The Morgan fingerprint density at radius 2 is 1.67 bits per heavy atom. The fourth-order valence-electron chi connectivity index (χ4n) is 3.72. The highest BCUT2D eigenvalue weighted by molar-refractivity contribution is 5.68. The van der Waals surface area contributed by atoms with Gasteiger partial charge in [0, 0.05) is 12.5 Å². The van der Waals surface area contributed by atoms with Crippen LogP contribution in [0.3, 0.4) is 0 Å². The quantitative estimate of drug-likeness (QED) is 0.289. The van der Waals surface area contributed by atoms with Crippen LogP contribution in [0.5, 0.6) is 0 Å². The molecule has 0 saturated heterocycles. The third-order valence-corrected chi connectivity index (χ3v) is 5.93. The smallest absolute Gasteiger partial charge is 0.408 e. The van der Waals surface area contributed by atoms with Gasteiger partial charge in [-0.3, -0.25) is 0 Å². The number of carbonyl (C=O) groups is 1. The fourth-order valence-corrected chi connectivity index (χ4v) is 3.72. The first kappa shape index (κ1) is 26.9. The zero-order chi connectivity index (χ0) is 23.8. The Labute approximate surface area is 197 Å². The van der Waals surface area contributed by atoms with Gasteiger partial charge in [0.1, 0.15) is 12.4 Å². The lowest BCUT2D eigenvalue weighted by molar-refractivity contribution is 0.0667. The largest absolute Gasteiger partial charge is 0.445 e. The van der Waals surface area contributed by atoms with Crippen molar-refractivity contribution in [3.63, 3.8) is 0 Å². The minimum atomic E-state index is -1.20. The van der Waals surface area contributed by atoms with Crippen molar-refractivity contribution in [2.24, 2.45) is 0 Å². The molecule has 1 heterocycles. The van der Waals surface area contributed by atoms with Crippen molar-refractivity contribution in [3.05, 3.63) is 53.4 Å². The Balaban J connectivity index is 1.71. The number of carbonyl (C=O) groups excluding carboxylic acids is 1. The highest BCUT2D eigenvalue weighted by Crippen LogP contribution is 2.17. The van der Waals surface area contributed by atoms with Gasteiger partial charge < -0.3 is 24.8 Å². The molecule has 7 nitrogen and oxygen atoms in total. The topological polar surface area (TPSA) is 105 Å². The van der Waals surface area contributed by atoms with Crippen LogP contribution >= 0.6 is 0 Å². The van der Waals surface area contributed by atoms with Crippen molar-refractivity contribution >= 4 is 6.09 Å². The van der Waals surface area contributed by atoms with Crippen LogP contribution < -0.4 is 5.32 Å². The van der Waals surface area contributed by atoms with Gasteiger partial charge in [-0.05, 0) is 24.8 Å². The molecule has 0 bridgehead atoms. The number of aromatic nitrogens is 1. The first-order valence-electron chi connectivity index (χ1n) is 12.3. The lowest BCUT2D eigenvalue weighted by atomic mass is 9.94. The molecular weight excluding hydrogens is 420 g/mol. The molecular formula is C26H40N2O5. The summed E-state index contributed by atoms with van der Waals surface area (Å²) in [5.41, 5.74) is 0.583. The van der Waals surface area contributed by atoms with Gasteiger partial charge in [0.15, 0.2) is 0 Å². The zero-order valence-corrected chi connectivity index (χ0v) is 19.9. The molecule has 0 aliphatic rings. The Bertz CT molecular complexity index is 774. The Morgan fingerprint density at radius 1 is 1.00 bits per heavy atom. The van der Waals surface area contributed by atoms with Gasteiger partial charge in [-0.25, -0.2) is 4.79 Å². The van der Waals surface area contributed by atoms with Crippen LogP contribution in [0, 0.1) is 0 Å². The predicted octanol–water partition coefficient (Wildman–Crippen LogP) is 4.94. The number of nitrogens with zero attached hydrogens (tertiary/aromatic N) is 1. The minimum Gasteiger partial charge on any atom is -0.445 e. The number of benzene rings is 1. The molecule has 1 aromatic carbocycles. The summed E-state index contributed by atoms with van der Waals surface area (Å²) in [6.07, 6.45) is 11.1. The van der Waals surface area contributed by atoms with Crippen LogP contribution in [0.1, 0.15) is 81.7 Å². The lowest BCUT2D eigenvalue weighted by Gasteiger charge is -2.30. The highest BCUT2D eigenvalue weighted by atomic mass is 16.5. The van der Waals surface area contributed by atoms with E-state index in [0.29, 0.717) is 18.6 Å². The monoisotopic (exact) mass is 460 g/mol. The molecule has 0 aliphatic heterocycles. The minimum absolute atomic E-state index is 0.115. The molecule has 0 radical (unpaired) electrons. The van der Waals surface area contributed by atoms with E-state index in [1.54, 1.807) is 0 Å². The first-order valence-corrected chi connectivity index (χ1v) is 12.3. The van der Waals surface area contributed by atoms with Gasteiger partial charge in [-0.1, -0.05) is 87.4 Å². The Morgan fingerprint density at radius 3 is 2.33 bits per heavy atom. The molecule has 0 aliphatic carbocycles. The molecule has 3 N–H and O–H groups in total. The summed E-state index contributed by atoms with van der Waals surface area (Å²) in [7, 11) is 0. The number of unbranched alkanes of at least 4 members (excludes halogenated alkanes) is 7. The number of nitrogens with one attached hydrogen (secondary N) is 1. The summed E-state index contributed by atoms with van der Waals surface area (Å²) in [5, 5.41) is 26.5. The number of aryl methyl sites for hydroxylation is 2. The van der Waals surface area contributed by atoms with Crippen molar-refractivity contribution in [1.82, 2.24) is 10.5 Å². The predicted molar refractivity (Wildman–Crippen MR) is 128 cm³/mol. The van der Waals surface area contributed by atoms with Crippen molar-refractivity contribution < 1.29 is 24.3 Å². The van der Waals surface area contributed by atoms with Crippen molar-refractivity contribution in [3.8, 4) is 0 Å².